The zero-order valence-corrected chi connectivity index (χ0v) is 12.8. The van der Waals surface area contributed by atoms with E-state index >= 15 is 0 Å². The van der Waals surface area contributed by atoms with Crippen LogP contribution < -0.4 is 29.6 Å². The summed E-state index contributed by atoms with van der Waals surface area (Å²) < 4.78 is 5.42. The third-order valence-corrected chi connectivity index (χ3v) is 2.82. The van der Waals surface area contributed by atoms with Gasteiger partial charge in [-0.2, -0.15) is 0 Å². The fraction of sp³-hybridized carbons (Fsp3) is 0.778. The third kappa shape index (κ3) is 4.95. The first-order chi connectivity index (χ1) is 6.65. The molecule has 1 unspecified atom stereocenters. The zero-order valence-electron chi connectivity index (χ0n) is 9.19. The van der Waals surface area contributed by atoms with E-state index in [1.165, 1.54) is 0 Å². The van der Waals surface area contributed by atoms with Crippen molar-refractivity contribution >= 4 is 35.1 Å². The van der Waals surface area contributed by atoms with Gasteiger partial charge in [0.05, 0.1) is 12.5 Å². The van der Waals surface area contributed by atoms with Crippen LogP contribution in [0.15, 0.2) is 0 Å². The second kappa shape index (κ2) is 7.79. The molecule has 0 radical (unpaired) electrons. The van der Waals surface area contributed by atoms with Crippen molar-refractivity contribution in [3.05, 3.63) is 0 Å². The van der Waals surface area contributed by atoms with Crippen LogP contribution in [0.4, 0.5) is 0 Å². The first-order valence-corrected chi connectivity index (χ1v) is 5.59. The molecule has 0 bridgehead atoms. The number of rotatable bonds is 2. The summed E-state index contributed by atoms with van der Waals surface area (Å²) >= 11 is 9.82. The molecule has 0 amide bonds. The number of hydrogen-bond donors (Lipinski definition) is 0. The SMILES string of the molecule is CCOC(=O)C1CCCN(C(=S)[S-])C1.[Na+]. The summed E-state index contributed by atoms with van der Waals surface area (Å²) in [6.07, 6.45) is 1.84. The van der Waals surface area contributed by atoms with E-state index in [9.17, 15) is 4.79 Å². The monoisotopic (exact) mass is 255 g/mol. The van der Waals surface area contributed by atoms with Crippen molar-refractivity contribution in [2.45, 2.75) is 19.8 Å². The van der Waals surface area contributed by atoms with E-state index in [4.69, 9.17) is 29.6 Å². The topological polar surface area (TPSA) is 29.5 Å². The largest absolute Gasteiger partial charge is 1.00 e. The van der Waals surface area contributed by atoms with Crippen LogP contribution in [0.25, 0.3) is 0 Å². The standard InChI is InChI=1S/C9H15NO2S2.Na/c1-2-12-8(11)7-4-3-5-10(6-7)9(13)14;/h7H,2-6H2,1H3,(H,13,14);/q;+1/p-1. The van der Waals surface area contributed by atoms with Gasteiger partial charge in [0.15, 0.2) is 0 Å². The van der Waals surface area contributed by atoms with Gasteiger partial charge in [0, 0.05) is 13.1 Å². The molecular weight excluding hydrogens is 241 g/mol. The van der Waals surface area contributed by atoms with Crippen molar-refractivity contribution in [2.75, 3.05) is 19.7 Å². The van der Waals surface area contributed by atoms with E-state index in [1.54, 1.807) is 0 Å². The van der Waals surface area contributed by atoms with Gasteiger partial charge in [0.2, 0.25) is 0 Å². The van der Waals surface area contributed by atoms with Crippen LogP contribution in [0.1, 0.15) is 19.8 Å². The number of ether oxygens (including phenoxy) is 1. The van der Waals surface area contributed by atoms with Gasteiger partial charge in [0.25, 0.3) is 0 Å². The van der Waals surface area contributed by atoms with Crippen LogP contribution in [0.3, 0.4) is 0 Å². The van der Waals surface area contributed by atoms with E-state index in [0.717, 1.165) is 19.4 Å². The fourth-order valence-electron chi connectivity index (χ4n) is 1.60. The molecule has 0 aromatic rings. The molecule has 1 saturated heterocycles. The summed E-state index contributed by atoms with van der Waals surface area (Å²) in [7, 11) is 0. The van der Waals surface area contributed by atoms with Gasteiger partial charge >= 0.3 is 35.5 Å². The molecule has 1 aliphatic heterocycles. The Morgan fingerprint density at radius 3 is 2.87 bits per heavy atom. The number of nitrogens with zero attached hydrogens (tertiary/aromatic N) is 1. The van der Waals surface area contributed by atoms with Gasteiger partial charge in [0.1, 0.15) is 0 Å². The van der Waals surface area contributed by atoms with Crippen LogP contribution in [-0.4, -0.2) is 34.9 Å². The molecular formula is C9H14NNaO2S2. The van der Waals surface area contributed by atoms with Gasteiger partial charge in [-0.15, -0.1) is 0 Å². The Kier molecular flexibility index (Phi) is 8.09. The molecule has 1 fully saturated rings. The second-order valence-electron chi connectivity index (χ2n) is 3.30. The minimum atomic E-state index is -0.122. The van der Waals surface area contributed by atoms with Crippen molar-refractivity contribution in [1.82, 2.24) is 4.90 Å². The molecule has 0 saturated carbocycles. The van der Waals surface area contributed by atoms with Gasteiger partial charge in [-0.3, -0.25) is 4.79 Å². The number of carbonyl (C=O) groups excluding carboxylic acids is 1. The van der Waals surface area contributed by atoms with E-state index in [0.29, 0.717) is 17.5 Å². The summed E-state index contributed by atoms with van der Waals surface area (Å²) in [5.41, 5.74) is 0. The minimum Gasteiger partial charge on any atom is -0.466 e. The Hall–Kier alpha value is 0.580. The Bertz CT molecular complexity index is 238. The molecule has 0 aromatic carbocycles. The normalized spacial score (nSPS) is 20.3. The summed E-state index contributed by atoms with van der Waals surface area (Å²) in [6.45, 7) is 3.75. The molecule has 0 spiro atoms. The Morgan fingerprint density at radius 2 is 2.33 bits per heavy atom. The zero-order chi connectivity index (χ0) is 10.6. The quantitative estimate of drug-likeness (QED) is 0.249. The van der Waals surface area contributed by atoms with Crippen LogP contribution in [0, 0.1) is 5.92 Å². The summed E-state index contributed by atoms with van der Waals surface area (Å²) in [4.78, 5) is 13.3. The van der Waals surface area contributed by atoms with Crippen LogP contribution in [-0.2, 0) is 22.2 Å². The van der Waals surface area contributed by atoms with Crippen molar-refractivity contribution in [3.63, 3.8) is 0 Å². The van der Waals surface area contributed by atoms with Crippen molar-refractivity contribution in [2.24, 2.45) is 5.92 Å². The van der Waals surface area contributed by atoms with Crippen molar-refractivity contribution < 1.29 is 39.1 Å². The van der Waals surface area contributed by atoms with Crippen molar-refractivity contribution in [3.8, 4) is 0 Å². The third-order valence-electron chi connectivity index (χ3n) is 2.30. The van der Waals surface area contributed by atoms with E-state index in [2.05, 4.69) is 0 Å². The molecule has 80 valence electrons. The Labute approximate surface area is 124 Å². The van der Waals surface area contributed by atoms with Gasteiger partial charge in [-0.05, 0) is 19.8 Å². The number of hydrogen-bond acceptors (Lipinski definition) is 4. The van der Waals surface area contributed by atoms with E-state index < -0.39 is 0 Å². The van der Waals surface area contributed by atoms with Crippen LogP contribution in [0.5, 0.6) is 0 Å². The van der Waals surface area contributed by atoms with Gasteiger partial charge in [-0.25, -0.2) is 0 Å². The molecule has 0 N–H and O–H groups in total. The van der Waals surface area contributed by atoms with Gasteiger partial charge in [-0.1, -0.05) is 4.32 Å². The molecule has 3 nitrogen and oxygen atoms in total. The molecule has 1 aliphatic rings. The first kappa shape index (κ1) is 15.6. The van der Waals surface area contributed by atoms with Crippen LogP contribution >= 0.6 is 12.2 Å². The molecule has 15 heavy (non-hydrogen) atoms. The fourth-order valence-corrected chi connectivity index (χ4v) is 1.93. The molecule has 0 aliphatic carbocycles. The predicted molar refractivity (Wildman–Crippen MR) is 60.9 cm³/mol. The average Bonchev–Trinajstić information content (AvgIpc) is 2.18. The first-order valence-electron chi connectivity index (χ1n) is 4.77. The predicted octanol–water partition coefficient (Wildman–Crippen LogP) is -1.90. The number of piperidine rings is 1. The van der Waals surface area contributed by atoms with E-state index in [1.807, 2.05) is 11.8 Å². The van der Waals surface area contributed by atoms with Gasteiger partial charge < -0.3 is 34.5 Å². The Balaban J connectivity index is 0.00000196. The minimum absolute atomic E-state index is 0. The molecule has 1 rings (SSSR count). The molecule has 1 atom stereocenters. The average molecular weight is 255 g/mol. The molecule has 6 heteroatoms. The second-order valence-corrected chi connectivity index (χ2v) is 4.33. The number of likely N-dealkylation sites (tertiary alicyclic amines) is 1. The molecule has 0 aromatic heterocycles. The number of esters is 1. The molecule has 1 heterocycles. The maximum absolute atomic E-state index is 11.4. The maximum atomic E-state index is 11.4. The summed E-state index contributed by atoms with van der Waals surface area (Å²) in [5, 5.41) is 0. The smallest absolute Gasteiger partial charge is 0.466 e. The number of thiocarbonyl (C=S) groups is 1. The summed E-state index contributed by atoms with van der Waals surface area (Å²) in [5.74, 6) is -0.173. The maximum Gasteiger partial charge on any atom is 1.00 e. The van der Waals surface area contributed by atoms with Crippen molar-refractivity contribution in [1.29, 1.82) is 0 Å². The van der Waals surface area contributed by atoms with Crippen LogP contribution in [0.2, 0.25) is 0 Å². The summed E-state index contributed by atoms with van der Waals surface area (Å²) in [6, 6.07) is 0. The number of carbonyl (C=O) groups is 1. The Morgan fingerprint density at radius 1 is 1.67 bits per heavy atom. The van der Waals surface area contributed by atoms with E-state index in [-0.39, 0.29) is 41.4 Å².